The first-order valence-electron chi connectivity index (χ1n) is 7.51. The van der Waals surface area contributed by atoms with Crippen molar-refractivity contribution in [1.29, 1.82) is 0 Å². The highest BCUT2D eigenvalue weighted by atomic mass is 16.5. The number of fused-ring (bicyclic) bond motifs is 3. The Kier molecular flexibility index (Phi) is 4.10. The van der Waals surface area contributed by atoms with Crippen LogP contribution >= 0.6 is 0 Å². The first kappa shape index (κ1) is 15.2. The van der Waals surface area contributed by atoms with E-state index in [1.165, 1.54) is 7.11 Å². The number of benzene rings is 2. The summed E-state index contributed by atoms with van der Waals surface area (Å²) in [5.74, 6) is 0.352. The Bertz CT molecular complexity index is 853. The second-order valence-electron chi connectivity index (χ2n) is 5.28. The molecule has 0 amide bonds. The lowest BCUT2D eigenvalue weighted by molar-refractivity contribution is -0.141. The van der Waals surface area contributed by atoms with Gasteiger partial charge in [-0.25, -0.2) is 4.79 Å². The molecule has 0 aliphatic heterocycles. The first-order valence-corrected chi connectivity index (χ1v) is 7.51. The van der Waals surface area contributed by atoms with Crippen LogP contribution in [-0.4, -0.2) is 26.2 Å². The lowest BCUT2D eigenvalue weighted by atomic mass is 10.1. The van der Waals surface area contributed by atoms with Gasteiger partial charge < -0.3 is 19.2 Å². The number of carbonyl (C=O) groups excluding carboxylic acids is 1. The quantitative estimate of drug-likeness (QED) is 0.722. The van der Waals surface area contributed by atoms with E-state index in [0.717, 1.165) is 21.9 Å². The average Bonchev–Trinajstić information content (AvgIpc) is 2.95. The third-order valence-corrected chi connectivity index (χ3v) is 3.92. The largest absolute Gasteiger partial charge is 0.495 e. The number of hydrogen-bond donors (Lipinski definition) is 1. The minimum atomic E-state index is -0.435. The number of esters is 1. The predicted molar refractivity (Wildman–Crippen MR) is 90.0 cm³/mol. The van der Waals surface area contributed by atoms with Crippen molar-refractivity contribution in [1.82, 2.24) is 0 Å². The molecule has 0 fully saturated rings. The number of hydrogen-bond acceptors (Lipinski definition) is 5. The molecule has 1 atom stereocenters. The van der Waals surface area contributed by atoms with Crippen molar-refractivity contribution in [3.63, 3.8) is 0 Å². The average molecular weight is 313 g/mol. The number of rotatable bonds is 5. The van der Waals surface area contributed by atoms with Crippen molar-refractivity contribution in [3.05, 3.63) is 36.4 Å². The molecule has 23 heavy (non-hydrogen) atoms. The fourth-order valence-corrected chi connectivity index (χ4v) is 2.69. The van der Waals surface area contributed by atoms with Gasteiger partial charge in [0.15, 0.2) is 0 Å². The van der Waals surface area contributed by atoms with E-state index in [-0.39, 0.29) is 5.97 Å². The summed E-state index contributed by atoms with van der Waals surface area (Å²) in [4.78, 5) is 11.8. The summed E-state index contributed by atoms with van der Waals surface area (Å²) < 4.78 is 16.2. The van der Waals surface area contributed by atoms with E-state index < -0.39 is 6.04 Å². The smallest absolute Gasteiger partial charge is 0.328 e. The molecule has 1 heterocycles. The van der Waals surface area contributed by atoms with Gasteiger partial charge in [0.2, 0.25) is 0 Å². The van der Waals surface area contributed by atoms with Crippen LogP contribution in [0, 0.1) is 0 Å². The maximum atomic E-state index is 11.8. The van der Waals surface area contributed by atoms with Crippen LogP contribution in [0.1, 0.15) is 13.3 Å². The Morgan fingerprint density at radius 3 is 2.65 bits per heavy atom. The van der Waals surface area contributed by atoms with Crippen molar-refractivity contribution in [2.75, 3.05) is 19.5 Å². The Morgan fingerprint density at radius 1 is 1.17 bits per heavy atom. The molecule has 3 aromatic rings. The van der Waals surface area contributed by atoms with Gasteiger partial charge in [0, 0.05) is 16.8 Å². The topological polar surface area (TPSA) is 60.7 Å². The van der Waals surface area contributed by atoms with Crippen LogP contribution in [0.3, 0.4) is 0 Å². The molecule has 5 heteroatoms. The normalized spacial score (nSPS) is 12.3. The second kappa shape index (κ2) is 6.20. The number of ether oxygens (including phenoxy) is 2. The molecule has 5 nitrogen and oxygen atoms in total. The number of carbonyl (C=O) groups is 1. The third kappa shape index (κ3) is 2.70. The Morgan fingerprint density at radius 2 is 1.96 bits per heavy atom. The number of furan rings is 1. The Balaban J connectivity index is 2.09. The maximum absolute atomic E-state index is 11.8. The van der Waals surface area contributed by atoms with Crippen molar-refractivity contribution < 1.29 is 18.7 Å². The zero-order valence-corrected chi connectivity index (χ0v) is 13.4. The lowest BCUT2D eigenvalue weighted by Crippen LogP contribution is -2.29. The molecule has 0 saturated heterocycles. The molecule has 120 valence electrons. The van der Waals surface area contributed by atoms with Crippen LogP contribution in [0.2, 0.25) is 0 Å². The van der Waals surface area contributed by atoms with Gasteiger partial charge in [-0.05, 0) is 18.6 Å². The van der Waals surface area contributed by atoms with E-state index in [9.17, 15) is 4.79 Å². The van der Waals surface area contributed by atoms with E-state index in [1.807, 2.05) is 43.3 Å². The molecular weight excluding hydrogens is 294 g/mol. The van der Waals surface area contributed by atoms with E-state index in [4.69, 9.17) is 13.9 Å². The van der Waals surface area contributed by atoms with Crippen molar-refractivity contribution in [3.8, 4) is 5.75 Å². The Hall–Kier alpha value is -2.69. The molecule has 2 aromatic carbocycles. The second-order valence-corrected chi connectivity index (χ2v) is 5.28. The number of methoxy groups -OCH3 is 2. The minimum Gasteiger partial charge on any atom is -0.495 e. The van der Waals surface area contributed by atoms with Crippen LogP contribution in [0.15, 0.2) is 40.8 Å². The molecule has 0 aliphatic rings. The van der Waals surface area contributed by atoms with E-state index in [0.29, 0.717) is 17.9 Å². The molecule has 0 bridgehead atoms. The van der Waals surface area contributed by atoms with Gasteiger partial charge in [-0.1, -0.05) is 25.1 Å². The highest BCUT2D eigenvalue weighted by Crippen LogP contribution is 2.36. The van der Waals surface area contributed by atoms with E-state index in [1.54, 1.807) is 7.11 Å². The number of anilines is 1. The SMILES string of the molecule is CCC(Nc1cc2oc3ccccc3c2cc1OC)C(=O)OC. The number of nitrogens with one attached hydrogen (secondary N) is 1. The predicted octanol–water partition coefficient (Wildman–Crippen LogP) is 3.96. The van der Waals surface area contributed by atoms with Gasteiger partial charge in [-0.2, -0.15) is 0 Å². The molecule has 3 rings (SSSR count). The van der Waals surface area contributed by atoms with E-state index in [2.05, 4.69) is 5.32 Å². The van der Waals surface area contributed by atoms with Crippen LogP contribution in [0.4, 0.5) is 5.69 Å². The van der Waals surface area contributed by atoms with Crippen LogP contribution in [-0.2, 0) is 9.53 Å². The highest BCUT2D eigenvalue weighted by Gasteiger charge is 2.20. The summed E-state index contributed by atoms with van der Waals surface area (Å²) >= 11 is 0. The molecule has 0 aliphatic carbocycles. The summed E-state index contributed by atoms with van der Waals surface area (Å²) in [5.41, 5.74) is 2.27. The minimum absolute atomic E-state index is 0.306. The molecular formula is C18H19NO4. The van der Waals surface area contributed by atoms with Crippen LogP contribution in [0.25, 0.3) is 21.9 Å². The molecule has 1 unspecified atom stereocenters. The third-order valence-electron chi connectivity index (χ3n) is 3.92. The number of para-hydroxylation sites is 1. The summed E-state index contributed by atoms with van der Waals surface area (Å²) in [5, 5.41) is 5.19. The molecule has 1 aromatic heterocycles. The van der Waals surface area contributed by atoms with Gasteiger partial charge in [0.25, 0.3) is 0 Å². The van der Waals surface area contributed by atoms with Crippen LogP contribution < -0.4 is 10.1 Å². The summed E-state index contributed by atoms with van der Waals surface area (Å²) in [6.07, 6.45) is 0.605. The Labute approximate surface area is 134 Å². The van der Waals surface area contributed by atoms with Crippen LogP contribution in [0.5, 0.6) is 5.75 Å². The summed E-state index contributed by atoms with van der Waals surface area (Å²) in [6.45, 7) is 1.92. The standard InChI is InChI=1S/C18H19NO4/c1-4-13(18(20)22-3)19-14-10-16-12(9-17(14)21-2)11-7-5-6-8-15(11)23-16/h5-10,13,19H,4H2,1-3H3. The summed E-state index contributed by atoms with van der Waals surface area (Å²) in [6, 6.07) is 11.2. The lowest BCUT2D eigenvalue weighted by Gasteiger charge is -2.17. The van der Waals surface area contributed by atoms with Gasteiger partial charge in [-0.15, -0.1) is 0 Å². The van der Waals surface area contributed by atoms with Gasteiger partial charge >= 0.3 is 5.97 Å². The molecule has 0 saturated carbocycles. The van der Waals surface area contributed by atoms with Gasteiger partial charge in [0.05, 0.1) is 19.9 Å². The monoisotopic (exact) mass is 313 g/mol. The molecule has 0 radical (unpaired) electrons. The fourth-order valence-electron chi connectivity index (χ4n) is 2.69. The van der Waals surface area contributed by atoms with Crippen molar-refractivity contribution >= 4 is 33.6 Å². The van der Waals surface area contributed by atoms with Gasteiger partial charge in [0.1, 0.15) is 23.0 Å². The maximum Gasteiger partial charge on any atom is 0.328 e. The fraction of sp³-hybridized carbons (Fsp3) is 0.278. The van der Waals surface area contributed by atoms with Crippen molar-refractivity contribution in [2.45, 2.75) is 19.4 Å². The highest BCUT2D eigenvalue weighted by molar-refractivity contribution is 6.06. The molecule has 1 N–H and O–H groups in total. The van der Waals surface area contributed by atoms with Crippen molar-refractivity contribution in [2.24, 2.45) is 0 Å². The molecule has 0 spiro atoms. The van der Waals surface area contributed by atoms with Gasteiger partial charge in [-0.3, -0.25) is 0 Å². The van der Waals surface area contributed by atoms with E-state index >= 15 is 0 Å². The first-order chi connectivity index (χ1) is 11.2. The summed E-state index contributed by atoms with van der Waals surface area (Å²) in [7, 11) is 2.99. The zero-order valence-electron chi connectivity index (χ0n) is 13.4. The zero-order chi connectivity index (χ0) is 16.4.